The van der Waals surface area contributed by atoms with Crippen LogP contribution in [0.1, 0.15) is 10.4 Å². The smallest absolute Gasteiger partial charge is 0.263 e. The minimum Gasteiger partial charge on any atom is -0.366 e. The minimum absolute atomic E-state index is 0.0749. The molecule has 20 heavy (non-hydrogen) atoms. The molecule has 0 fully saturated rings. The van der Waals surface area contributed by atoms with Crippen LogP contribution in [0.15, 0.2) is 36.0 Å². The third kappa shape index (κ3) is 4.63. The van der Waals surface area contributed by atoms with Gasteiger partial charge in [0.05, 0.1) is 0 Å². The van der Waals surface area contributed by atoms with Gasteiger partial charge in [0.2, 0.25) is 5.91 Å². The topological polar surface area (TPSA) is 108 Å². The summed E-state index contributed by atoms with van der Waals surface area (Å²) in [5, 5.41) is 14.1. The molecule has 1 aromatic carbocycles. The molecule has 7 heteroatoms. The first-order valence-electron chi connectivity index (χ1n) is 5.69. The van der Waals surface area contributed by atoms with E-state index >= 15 is 0 Å². The molecule has 0 aliphatic heterocycles. The molecular formula is C13H13ClN4O2. The van der Waals surface area contributed by atoms with Gasteiger partial charge in [0.1, 0.15) is 11.6 Å². The predicted molar refractivity (Wildman–Crippen MR) is 76.0 cm³/mol. The van der Waals surface area contributed by atoms with Gasteiger partial charge in [-0.1, -0.05) is 0 Å². The maximum atomic E-state index is 11.5. The Morgan fingerprint density at radius 1 is 1.35 bits per heavy atom. The van der Waals surface area contributed by atoms with Gasteiger partial charge < -0.3 is 16.4 Å². The molecule has 0 heterocycles. The van der Waals surface area contributed by atoms with Crippen LogP contribution in [-0.4, -0.2) is 24.2 Å². The van der Waals surface area contributed by atoms with Crippen molar-refractivity contribution in [1.29, 1.82) is 5.26 Å². The molecule has 0 atom stereocenters. The fourth-order valence-corrected chi connectivity index (χ4v) is 1.39. The number of nitrogens with zero attached hydrogens (tertiary/aromatic N) is 1. The molecule has 0 unspecified atom stereocenters. The highest BCUT2D eigenvalue weighted by Gasteiger charge is 2.07. The fourth-order valence-electron chi connectivity index (χ4n) is 1.29. The molecule has 2 amide bonds. The van der Waals surface area contributed by atoms with Crippen molar-refractivity contribution >= 4 is 29.1 Å². The average molecular weight is 293 g/mol. The monoisotopic (exact) mass is 292 g/mol. The highest BCUT2D eigenvalue weighted by molar-refractivity contribution is 6.18. The molecule has 4 N–H and O–H groups in total. The number of benzene rings is 1. The van der Waals surface area contributed by atoms with E-state index in [4.69, 9.17) is 22.6 Å². The zero-order valence-corrected chi connectivity index (χ0v) is 11.3. The van der Waals surface area contributed by atoms with Crippen LogP contribution in [0, 0.1) is 11.3 Å². The van der Waals surface area contributed by atoms with Crippen LogP contribution in [0.25, 0.3) is 0 Å². The van der Waals surface area contributed by atoms with Gasteiger partial charge in [-0.25, -0.2) is 0 Å². The maximum Gasteiger partial charge on any atom is 0.263 e. The van der Waals surface area contributed by atoms with E-state index in [1.807, 2.05) is 0 Å². The second kappa shape index (κ2) is 7.81. The Balaban J connectivity index is 2.71. The number of hydrogen-bond acceptors (Lipinski definition) is 4. The van der Waals surface area contributed by atoms with Crippen molar-refractivity contribution in [2.75, 3.05) is 17.7 Å². The number of carbonyl (C=O) groups is 2. The number of nitrogens with two attached hydrogens (primary N) is 1. The molecular weight excluding hydrogens is 280 g/mol. The van der Waals surface area contributed by atoms with Gasteiger partial charge in [-0.2, -0.15) is 5.26 Å². The van der Waals surface area contributed by atoms with Crippen LogP contribution in [0.2, 0.25) is 0 Å². The zero-order valence-electron chi connectivity index (χ0n) is 10.5. The standard InChI is InChI=1S/C13H13ClN4O2/c14-5-6-17-13(20)10(7-15)8-18-11-3-1-9(2-4-11)12(16)19/h1-4,8,18H,5-6H2,(H2,16,19)(H,17,20)/b10-8-. The van der Waals surface area contributed by atoms with E-state index in [2.05, 4.69) is 10.6 Å². The molecule has 1 rings (SSSR count). The summed E-state index contributed by atoms with van der Waals surface area (Å²) in [6, 6.07) is 8.09. The van der Waals surface area contributed by atoms with Crippen LogP contribution in [0.3, 0.4) is 0 Å². The van der Waals surface area contributed by atoms with E-state index in [0.717, 1.165) is 0 Å². The van der Waals surface area contributed by atoms with Crippen molar-refractivity contribution in [3.63, 3.8) is 0 Å². The first-order chi connectivity index (χ1) is 9.58. The summed E-state index contributed by atoms with van der Waals surface area (Å²) in [4.78, 5) is 22.4. The van der Waals surface area contributed by atoms with Gasteiger partial charge in [-0.15, -0.1) is 11.6 Å². The van der Waals surface area contributed by atoms with Crippen LogP contribution in [0.4, 0.5) is 5.69 Å². The average Bonchev–Trinajstić information content (AvgIpc) is 2.46. The van der Waals surface area contributed by atoms with Crippen LogP contribution in [-0.2, 0) is 4.79 Å². The number of anilines is 1. The predicted octanol–water partition coefficient (Wildman–Crippen LogP) is 0.960. The van der Waals surface area contributed by atoms with E-state index in [-0.39, 0.29) is 18.0 Å². The highest BCUT2D eigenvalue weighted by atomic mass is 35.5. The molecule has 0 saturated heterocycles. The summed E-state index contributed by atoms with van der Waals surface area (Å²) < 4.78 is 0. The van der Waals surface area contributed by atoms with Gasteiger partial charge in [0.25, 0.3) is 5.91 Å². The number of primary amides is 1. The molecule has 0 saturated carbocycles. The molecule has 0 spiro atoms. The number of hydrogen-bond donors (Lipinski definition) is 3. The third-order valence-electron chi connectivity index (χ3n) is 2.30. The van der Waals surface area contributed by atoms with Gasteiger partial charge in [0, 0.05) is 29.9 Å². The number of nitriles is 1. The third-order valence-corrected chi connectivity index (χ3v) is 2.49. The highest BCUT2D eigenvalue weighted by Crippen LogP contribution is 2.09. The Morgan fingerprint density at radius 2 is 2.00 bits per heavy atom. The second-order valence-electron chi connectivity index (χ2n) is 3.70. The van der Waals surface area contributed by atoms with Crippen molar-refractivity contribution in [1.82, 2.24) is 5.32 Å². The van der Waals surface area contributed by atoms with E-state index in [1.54, 1.807) is 18.2 Å². The summed E-state index contributed by atoms with van der Waals surface area (Å²) in [5.74, 6) is -0.758. The largest absolute Gasteiger partial charge is 0.366 e. The number of amides is 2. The number of alkyl halides is 1. The molecule has 0 radical (unpaired) electrons. The van der Waals surface area contributed by atoms with Crippen LogP contribution >= 0.6 is 11.6 Å². The van der Waals surface area contributed by atoms with E-state index in [1.165, 1.54) is 18.3 Å². The molecule has 0 bridgehead atoms. The van der Waals surface area contributed by atoms with Crippen molar-refractivity contribution in [2.45, 2.75) is 0 Å². The Morgan fingerprint density at radius 3 is 2.50 bits per heavy atom. The van der Waals surface area contributed by atoms with Gasteiger partial charge >= 0.3 is 0 Å². The molecule has 6 nitrogen and oxygen atoms in total. The van der Waals surface area contributed by atoms with Crippen molar-refractivity contribution in [3.05, 3.63) is 41.6 Å². The molecule has 0 aliphatic rings. The summed E-state index contributed by atoms with van der Waals surface area (Å²) in [6.45, 7) is 0.284. The van der Waals surface area contributed by atoms with Crippen molar-refractivity contribution in [2.24, 2.45) is 5.73 Å². The number of carbonyl (C=O) groups excluding carboxylic acids is 2. The summed E-state index contributed by atoms with van der Waals surface area (Å²) in [7, 11) is 0. The van der Waals surface area contributed by atoms with Crippen LogP contribution in [0.5, 0.6) is 0 Å². The zero-order chi connectivity index (χ0) is 15.0. The first-order valence-corrected chi connectivity index (χ1v) is 6.22. The lowest BCUT2D eigenvalue weighted by molar-refractivity contribution is -0.117. The van der Waals surface area contributed by atoms with Gasteiger partial charge in [-0.05, 0) is 24.3 Å². The number of nitrogens with one attached hydrogen (secondary N) is 2. The fraction of sp³-hybridized carbons (Fsp3) is 0.154. The SMILES string of the molecule is N#C/C(=C/Nc1ccc(C(N)=O)cc1)C(=O)NCCCl. The molecule has 104 valence electrons. The molecule has 1 aromatic rings. The molecule has 0 aliphatic carbocycles. The minimum atomic E-state index is -0.523. The summed E-state index contributed by atoms with van der Waals surface area (Å²) >= 11 is 5.44. The Labute approximate surface area is 121 Å². The van der Waals surface area contributed by atoms with E-state index in [9.17, 15) is 9.59 Å². The van der Waals surface area contributed by atoms with Crippen molar-refractivity contribution in [3.8, 4) is 6.07 Å². The van der Waals surface area contributed by atoms with Crippen molar-refractivity contribution < 1.29 is 9.59 Å². The Bertz CT molecular complexity index is 561. The quantitative estimate of drug-likeness (QED) is 0.412. The number of rotatable bonds is 6. The lowest BCUT2D eigenvalue weighted by Crippen LogP contribution is -2.26. The lowest BCUT2D eigenvalue weighted by atomic mass is 10.2. The van der Waals surface area contributed by atoms with E-state index in [0.29, 0.717) is 11.3 Å². The Hall–Kier alpha value is -2.52. The number of halogens is 1. The van der Waals surface area contributed by atoms with E-state index < -0.39 is 11.8 Å². The first kappa shape index (κ1) is 15.5. The lowest BCUT2D eigenvalue weighted by Gasteiger charge is -2.04. The van der Waals surface area contributed by atoms with Crippen LogP contribution < -0.4 is 16.4 Å². The summed E-state index contributed by atoms with van der Waals surface area (Å²) in [5.41, 5.74) is 6.03. The maximum absolute atomic E-state index is 11.5. The van der Waals surface area contributed by atoms with Gasteiger partial charge in [-0.3, -0.25) is 9.59 Å². The van der Waals surface area contributed by atoms with Gasteiger partial charge in [0.15, 0.2) is 0 Å². The molecule has 0 aromatic heterocycles. The normalized spacial score (nSPS) is 10.5. The summed E-state index contributed by atoms with van der Waals surface area (Å²) in [6.07, 6.45) is 1.28. The second-order valence-corrected chi connectivity index (χ2v) is 4.08. The Kier molecular flexibility index (Phi) is 6.07.